The van der Waals surface area contributed by atoms with Gasteiger partial charge in [0.15, 0.2) is 27.3 Å². The summed E-state index contributed by atoms with van der Waals surface area (Å²) >= 11 is 1.73. The van der Waals surface area contributed by atoms with Gasteiger partial charge in [0.1, 0.15) is 72.0 Å². The molecule has 0 saturated carbocycles. The van der Waals surface area contributed by atoms with Crippen molar-refractivity contribution in [3.8, 4) is 5.75 Å². The zero-order valence-electron chi connectivity index (χ0n) is 70.9. The maximum atomic E-state index is 15.7. The van der Waals surface area contributed by atoms with Crippen LogP contribution in [0.4, 0.5) is 5.69 Å². The third kappa shape index (κ3) is 23.8. The van der Waals surface area contributed by atoms with Crippen LogP contribution in [0.25, 0.3) is 0 Å². The Hall–Kier alpha value is -10.2. The third-order valence-electron chi connectivity index (χ3n) is 23.8. The molecule has 2 aromatic heterocycles. The van der Waals surface area contributed by atoms with Crippen LogP contribution in [-0.2, 0) is 80.1 Å². The Morgan fingerprint density at radius 2 is 1.50 bits per heavy atom. The van der Waals surface area contributed by atoms with E-state index >= 15 is 14.4 Å². The van der Waals surface area contributed by atoms with Gasteiger partial charge < -0.3 is 79.7 Å². The minimum absolute atomic E-state index is 0.0243. The van der Waals surface area contributed by atoms with Gasteiger partial charge in [-0.1, -0.05) is 114 Å². The number of carbonyl (C=O) groups is 12. The first-order valence-corrected chi connectivity index (χ1v) is 44.7. The van der Waals surface area contributed by atoms with Crippen molar-refractivity contribution in [1.82, 2.24) is 60.6 Å². The average molecular weight is 1710 g/mol. The van der Waals surface area contributed by atoms with Crippen molar-refractivity contribution in [2.24, 2.45) is 23.7 Å². The van der Waals surface area contributed by atoms with Crippen molar-refractivity contribution in [2.75, 3.05) is 103 Å². The molecule has 7 fully saturated rings. The van der Waals surface area contributed by atoms with E-state index in [0.29, 0.717) is 42.0 Å². The number of esters is 2. The molecule has 8 amide bonds. The molecule has 1 unspecified atom stereocenters. The lowest BCUT2D eigenvalue weighted by atomic mass is 9.88. The minimum atomic E-state index is -3.87. The molecular formula is C87H117N13O19S2. The molecule has 8 aliphatic heterocycles. The number of pyridine rings is 1. The van der Waals surface area contributed by atoms with Crippen LogP contribution in [0, 0.1) is 23.7 Å². The number of carbonyl (C=O) groups excluding carboxylic acids is 12. The van der Waals surface area contributed by atoms with E-state index in [1.807, 2.05) is 75.9 Å². The first kappa shape index (κ1) is 93.1. The van der Waals surface area contributed by atoms with Crippen LogP contribution < -0.4 is 26.2 Å². The molecule has 0 spiro atoms. The summed E-state index contributed by atoms with van der Waals surface area (Å²) in [7, 11) is 1.46. The fourth-order valence-corrected chi connectivity index (χ4v) is 20.3. The van der Waals surface area contributed by atoms with E-state index in [2.05, 4.69) is 36.1 Å². The number of oxazole rings is 1. The Bertz CT molecular complexity index is 4590. The third-order valence-corrected chi connectivity index (χ3v) is 27.5. The van der Waals surface area contributed by atoms with Gasteiger partial charge in [0.25, 0.3) is 11.8 Å². The second-order valence-corrected chi connectivity index (χ2v) is 36.4. The molecule has 0 radical (unpaired) electrons. The minimum Gasteiger partial charge on any atom is -0.505 e. The lowest BCUT2D eigenvalue weighted by molar-refractivity contribution is -0.158. The molecule has 656 valence electrons. The number of ketones is 2. The van der Waals surface area contributed by atoms with Crippen LogP contribution in [0.15, 0.2) is 120 Å². The van der Waals surface area contributed by atoms with E-state index in [4.69, 9.17) is 13.9 Å². The van der Waals surface area contributed by atoms with Crippen molar-refractivity contribution < 1.29 is 90.1 Å². The van der Waals surface area contributed by atoms with Crippen molar-refractivity contribution in [3.63, 3.8) is 0 Å². The molecule has 34 heteroatoms. The highest BCUT2D eigenvalue weighted by Gasteiger charge is 2.52. The van der Waals surface area contributed by atoms with Crippen molar-refractivity contribution in [2.45, 2.75) is 191 Å². The van der Waals surface area contributed by atoms with Gasteiger partial charge in [0, 0.05) is 114 Å². The number of thioether (sulfide) groups is 1. The Morgan fingerprint density at radius 1 is 0.785 bits per heavy atom. The number of amides is 8. The van der Waals surface area contributed by atoms with Crippen LogP contribution >= 0.6 is 11.8 Å². The van der Waals surface area contributed by atoms with Crippen molar-refractivity contribution in [1.29, 1.82) is 0 Å². The van der Waals surface area contributed by atoms with Crippen LogP contribution in [0.2, 0.25) is 0 Å². The molecule has 32 nitrogen and oxygen atoms in total. The summed E-state index contributed by atoms with van der Waals surface area (Å²) in [6.45, 7) is 19.0. The van der Waals surface area contributed by atoms with E-state index in [1.54, 1.807) is 81.1 Å². The number of nitrogens with one attached hydrogen (secondary N) is 4. The number of piperidine rings is 4. The quantitative estimate of drug-likeness (QED) is 0.0787. The van der Waals surface area contributed by atoms with Crippen molar-refractivity contribution in [3.05, 3.63) is 144 Å². The molecule has 2 aromatic carbocycles. The van der Waals surface area contributed by atoms with Gasteiger partial charge in [-0.25, -0.2) is 28.0 Å². The Labute approximate surface area is 711 Å². The number of hydrogen-bond donors (Lipinski definition) is 6. The molecule has 10 heterocycles. The van der Waals surface area contributed by atoms with Gasteiger partial charge in [-0.15, -0.1) is 0 Å². The predicted octanol–water partition coefficient (Wildman–Crippen LogP) is 4.59. The van der Waals surface area contributed by atoms with Gasteiger partial charge in [0.2, 0.25) is 41.3 Å². The summed E-state index contributed by atoms with van der Waals surface area (Å²) in [5.41, 5.74) is 1.99. The molecule has 121 heavy (non-hydrogen) atoms. The molecule has 0 aliphatic carbocycles. The number of allylic oxidation sites excluding steroid dienone is 2. The van der Waals surface area contributed by atoms with Gasteiger partial charge in [0.05, 0.1) is 23.5 Å². The van der Waals surface area contributed by atoms with Gasteiger partial charge >= 0.3 is 11.9 Å². The highest BCUT2D eigenvalue weighted by atomic mass is 32.2. The van der Waals surface area contributed by atoms with Crippen molar-refractivity contribution >= 4 is 98.0 Å². The number of aromatic hydroxyl groups is 1. The lowest BCUT2D eigenvalue weighted by Crippen LogP contribution is -2.63. The topological polar surface area (TPSA) is 408 Å². The van der Waals surface area contributed by atoms with Gasteiger partial charge in [-0.05, 0) is 132 Å². The summed E-state index contributed by atoms with van der Waals surface area (Å²) < 4.78 is 44.9. The summed E-state index contributed by atoms with van der Waals surface area (Å²) in [4.78, 5) is 190. The van der Waals surface area contributed by atoms with E-state index in [1.165, 1.54) is 59.2 Å². The SMILES string of the molecule is CCN(CC)CCS(=O)(=O)[C@@H]1CCN2C(=O)c3coc(n3)CC(=O)C[C@H](O)C=C(C)C=CCNC(=O)C=C[C@@H](C)[C@@H](C(C)C)OC(=O)C12.CC[C@H]1NC(=O)[C@@H](NC(=O)c2ncccc2O)[C@@H](C)OC(=O)[C@H](c2ccccc2)NC(=O)[C@@H]2CC(=O)[C@H](CS[C@@H]3CN4CCC3CC4)CN2C(=O)[C@H](Cc2ccc(N(C)C)cc2)N(C)C(=O)[C@@H]2CCCN2C1=O. The first-order valence-electron chi connectivity index (χ1n) is 41.9. The molecule has 12 rings (SSSR count). The highest BCUT2D eigenvalue weighted by Crippen LogP contribution is 2.38. The zero-order chi connectivity index (χ0) is 87.7. The van der Waals surface area contributed by atoms with E-state index in [9.17, 15) is 61.8 Å². The molecule has 7 saturated heterocycles. The number of nitrogens with zero attached hydrogens (tertiary/aromatic N) is 9. The number of cyclic esters (lactones) is 2. The monoisotopic (exact) mass is 1710 g/mol. The Morgan fingerprint density at radius 3 is 2.17 bits per heavy atom. The Balaban J connectivity index is 0.000000278. The summed E-state index contributed by atoms with van der Waals surface area (Å²) in [5, 5.41) is 30.8. The maximum Gasteiger partial charge on any atom is 0.333 e. The molecule has 4 bridgehead atoms. The average Bonchev–Trinajstić information content (AvgIpc) is 1.69. The number of likely N-dealkylation sites (N-methyl/N-ethyl adjacent to an activating group) is 1. The number of hydrogen-bond acceptors (Lipinski definition) is 25. The molecule has 6 N–H and O–H groups in total. The van der Waals surface area contributed by atoms with Crippen LogP contribution in [0.3, 0.4) is 0 Å². The molecule has 14 atom stereocenters. The summed E-state index contributed by atoms with van der Waals surface area (Å²) in [6, 6.07) is 8.81. The van der Waals surface area contributed by atoms with Crippen LogP contribution in [-0.4, -0.2) is 292 Å². The number of fused-ring (bicyclic) bond motifs is 8. The standard InChI is InChI=1S/C53H67N9O10S.C34H50N4O9S/c1-6-37-50(68)61-23-11-14-38(61)51(69)59(5)40(26-32-16-18-36(19-17-32)58(3)4)52(70)62-28-35(30-73-43-29-60-24-20-33(43)21-25-60)42(64)27-39(62)47(65)57-45(34-12-8-7-9-13-34)53(71)72-31(2)44(48(66)55-37)56-49(67)46-41(63)15-10-22-54-46;1-7-37(8-2)16-17-48(44,45)28-13-15-38-31(28)34(43)47-32(22(3)4)24(6)11-12-29(41)35-14-9-10-23(5)18-25(39)19-26(40)20-30-36-27(21-46-30)33(38)42/h7-10,12-13,15-19,22,31,33,35,37-40,43-45,63H,6,11,14,20-21,23-30H2,1-5H3,(H,55,66)(H,56,67)(H,57,65);9-12,18,21-22,24-25,28,31-32,39H,7-8,13-17,19-20H2,1-6H3,(H,35,41)/t31-,35+,37-,38+,39+,40+,43-,44+,45+;24-,25-,28-,31?,32-/m11/s1. The number of Topliss-reactive ketones (excluding diaryl/α,β-unsaturated/α-hetero) is 2. The lowest BCUT2D eigenvalue weighted by Gasteiger charge is -2.45. The first-order chi connectivity index (χ1) is 57.7. The van der Waals surface area contributed by atoms with Gasteiger partial charge in [-0.2, -0.15) is 11.8 Å². The van der Waals surface area contributed by atoms with E-state index in [-0.39, 0.29) is 124 Å². The fraction of sp³-hybridized carbons (Fsp3) is 0.563. The number of aromatic nitrogens is 2. The normalized spacial score (nSPS) is 28.0. The molecular weight excluding hydrogens is 1600 g/mol. The predicted molar refractivity (Wildman–Crippen MR) is 452 cm³/mol. The molecule has 4 aromatic rings. The van der Waals surface area contributed by atoms with Gasteiger partial charge in [-0.3, -0.25) is 47.9 Å². The van der Waals surface area contributed by atoms with Crippen LogP contribution in [0.5, 0.6) is 5.75 Å². The second kappa shape index (κ2) is 42.6. The van der Waals surface area contributed by atoms with E-state index < -0.39 is 152 Å². The van der Waals surface area contributed by atoms with Crippen LogP contribution in [0.1, 0.15) is 151 Å². The fourth-order valence-electron chi connectivity index (χ4n) is 16.8. The summed E-state index contributed by atoms with van der Waals surface area (Å²) in [5.74, 6) is -9.05. The summed E-state index contributed by atoms with van der Waals surface area (Å²) in [6.07, 6.45) is 9.09. The number of anilines is 1. The maximum absolute atomic E-state index is 15.7. The second-order valence-electron chi connectivity index (χ2n) is 32.8. The number of rotatable bonds is 17. The number of benzene rings is 2. The number of aliphatic hydroxyl groups excluding tert-OH is 1. The highest BCUT2D eigenvalue weighted by molar-refractivity contribution is 8.00. The van der Waals surface area contributed by atoms with E-state index in [0.717, 1.165) is 54.9 Å². The Kier molecular flexibility index (Phi) is 32.8. The molecule has 8 aliphatic rings. The number of aliphatic hydroxyl groups is 1. The number of ether oxygens (including phenoxy) is 2. The zero-order valence-corrected chi connectivity index (χ0v) is 72.5. The smallest absolute Gasteiger partial charge is 0.333 e. The largest absolute Gasteiger partial charge is 0.505 e. The number of sulfone groups is 1.